The molecule has 3 fully saturated rings. The lowest BCUT2D eigenvalue weighted by Crippen LogP contribution is -2.37. The second-order valence-corrected chi connectivity index (χ2v) is 28.6. The molecule has 7 aromatic rings. The van der Waals surface area contributed by atoms with Crippen LogP contribution < -0.4 is 26.7 Å². The summed E-state index contributed by atoms with van der Waals surface area (Å²) in [5.74, 6) is 3.56. The summed E-state index contributed by atoms with van der Waals surface area (Å²) in [6, 6.07) is 0. The molecule has 3 saturated heterocycles. The number of carbonyl (C=O) groups is 1. The molecule has 4 aliphatic rings. The highest BCUT2D eigenvalue weighted by molar-refractivity contribution is 7.47. The maximum Gasteiger partial charge on any atom is 0.514 e. The Kier molecular flexibility index (Phi) is 20.7. The molecule has 33 heteroatoms. The van der Waals surface area contributed by atoms with Crippen LogP contribution in [0.4, 0.5) is 22.2 Å². The summed E-state index contributed by atoms with van der Waals surface area (Å²) in [6.07, 6.45) is 8.69. The number of anilines is 3. The maximum absolute atomic E-state index is 14.2. The van der Waals surface area contributed by atoms with Gasteiger partial charge >= 0.3 is 21.8 Å². The van der Waals surface area contributed by atoms with Gasteiger partial charge in [-0.1, -0.05) is 72.6 Å². The molecule has 31 nitrogen and oxygen atoms in total. The van der Waals surface area contributed by atoms with Crippen LogP contribution >= 0.6 is 15.6 Å². The number of phosphoric ester groups is 2. The van der Waals surface area contributed by atoms with Gasteiger partial charge in [0.05, 0.1) is 57.1 Å². The molecule has 9 N–H and O–H groups in total. The van der Waals surface area contributed by atoms with E-state index in [2.05, 4.69) is 79.5 Å². The number of nitrogens with two attached hydrogens (primary N) is 3. The van der Waals surface area contributed by atoms with Gasteiger partial charge in [-0.3, -0.25) is 31.8 Å². The van der Waals surface area contributed by atoms with Gasteiger partial charge in [-0.15, -0.1) is 0 Å². The molecular formula is C60H85N15O16P2. The number of hydrogen-bond acceptors (Lipinski definition) is 26. The molecule has 0 radical (unpaired) electrons. The van der Waals surface area contributed by atoms with Crippen molar-refractivity contribution in [2.45, 2.75) is 206 Å². The van der Waals surface area contributed by atoms with E-state index in [-0.39, 0.29) is 75.8 Å². The molecule has 5 unspecified atom stereocenters. The molecule has 11 rings (SSSR count). The van der Waals surface area contributed by atoms with Crippen LogP contribution in [-0.2, 0) is 52.6 Å². The average Bonchev–Trinajstić information content (AvgIpc) is 1.66. The molecule has 10 heterocycles. The largest absolute Gasteiger partial charge is 0.514 e. The lowest BCUT2D eigenvalue weighted by Gasteiger charge is -2.38. The Labute approximate surface area is 537 Å². The van der Waals surface area contributed by atoms with E-state index in [9.17, 15) is 28.8 Å². The molecule has 0 spiro atoms. The first-order chi connectivity index (χ1) is 44.4. The van der Waals surface area contributed by atoms with Crippen LogP contribution in [0.5, 0.6) is 11.5 Å². The Hall–Kier alpha value is -6.60. The normalized spacial score (nSPS) is 26.0. The third-order valence-corrected chi connectivity index (χ3v) is 20.3. The van der Waals surface area contributed by atoms with E-state index < -0.39 is 96.9 Å². The maximum atomic E-state index is 14.2. The minimum atomic E-state index is -5.12. The van der Waals surface area contributed by atoms with Crippen molar-refractivity contribution >= 4 is 72.7 Å². The molecule has 93 heavy (non-hydrogen) atoms. The van der Waals surface area contributed by atoms with Gasteiger partial charge in [0.25, 0.3) is 0 Å². The quantitative estimate of drug-likeness (QED) is 0.0151. The van der Waals surface area contributed by atoms with E-state index in [1.165, 1.54) is 90.2 Å². The molecule has 0 aliphatic carbocycles. The van der Waals surface area contributed by atoms with Crippen molar-refractivity contribution < 1.29 is 75.3 Å². The van der Waals surface area contributed by atoms with Crippen molar-refractivity contribution in [1.29, 1.82) is 0 Å². The van der Waals surface area contributed by atoms with Crippen LogP contribution in [-0.4, -0.2) is 142 Å². The second-order valence-electron chi connectivity index (χ2n) is 25.8. The fourth-order valence-electron chi connectivity index (χ4n) is 13.1. The highest BCUT2D eigenvalue weighted by Crippen LogP contribution is 2.53. The van der Waals surface area contributed by atoms with E-state index in [0.29, 0.717) is 11.7 Å². The van der Waals surface area contributed by atoms with Crippen molar-refractivity contribution in [2.24, 2.45) is 17.8 Å². The van der Waals surface area contributed by atoms with Crippen molar-refractivity contribution in [3.8, 4) is 11.5 Å². The fraction of sp³-hybridized carbons (Fsp3) is 0.633. The number of aliphatic hydroxyl groups is 1. The van der Waals surface area contributed by atoms with Crippen LogP contribution in [0.25, 0.3) is 33.5 Å². The summed E-state index contributed by atoms with van der Waals surface area (Å²) in [6.45, 7) is 15.7. The number of rotatable bonds is 28. The van der Waals surface area contributed by atoms with Gasteiger partial charge in [0.1, 0.15) is 64.8 Å². The lowest BCUT2D eigenvalue weighted by molar-refractivity contribution is -0.0645. The van der Waals surface area contributed by atoms with E-state index >= 15 is 0 Å². The highest BCUT2D eigenvalue weighted by atomic mass is 31.2. The number of benzene rings is 1. The number of nitrogens with zero attached hydrogens (tertiary/aromatic N) is 12. The van der Waals surface area contributed by atoms with Crippen molar-refractivity contribution in [2.75, 3.05) is 37.0 Å². The smallest absolute Gasteiger partial charge is 0.487 e. The molecular weight excluding hydrogens is 1250 g/mol. The summed E-state index contributed by atoms with van der Waals surface area (Å²) in [5, 5.41) is 10.0. The molecule has 6 aromatic heterocycles. The first-order valence-electron chi connectivity index (χ1n) is 31.7. The standard InChI is InChI=1S/C60H85N15O16P2/c1-32(2)12-9-13-33(3)14-10-15-34(4)16-11-18-60(8)19-17-41-37(7)48(35(5)36(6)49(41)89-60)88-59(77)87-42-21-39(85-56(42)73-29-70-45-50(61)64-26-67-53(45)73)24-82-93(80,81)91-44-22-40(86-58(44)75-31-72-47-52(63)66-28-69-55(47)75)25-83-92(78,79)90-43-20-38(23-76)84-57(43)74-30-71-46-51(62)65-27-68-54(46)74/h26-34,38-40,42-44,56-58,76H,9-25H2,1-8H3,(H,78,79)(H,80,81)(H2,61,64,67)(H2,62,65,68)(H2,63,66,69)/t33?,34?,38-,39-,40-,42+,43+,44+,56+,57+,58+,60?/m0/s1. The third-order valence-electron chi connectivity index (χ3n) is 18.3. The number of ether oxygens (including phenoxy) is 6. The number of aliphatic hydroxyl groups excluding tert-OH is 1. The van der Waals surface area contributed by atoms with Gasteiger partial charge < -0.3 is 60.5 Å². The van der Waals surface area contributed by atoms with Crippen LogP contribution in [0.1, 0.15) is 159 Å². The van der Waals surface area contributed by atoms with Gasteiger partial charge in [0.2, 0.25) is 0 Å². The highest BCUT2D eigenvalue weighted by Gasteiger charge is 2.48. The summed E-state index contributed by atoms with van der Waals surface area (Å²) in [7, 11) is -10.1. The molecule has 1 aromatic carbocycles. The SMILES string of the molecule is Cc1c(C)c2c(c(C)c1OC(=O)O[C@@H]1C[C@@H](COP(=O)(O)O[C@@H]3C[C@@H](COP(=O)(O)O[C@@H]4C[C@@H](CO)O[C@H]4n4cnc5c(N)ncnc54)O[C@H]3n3cnc4c(N)ncnc43)O[C@H]1n1cnc3c(N)ncnc31)CCC(C)(CCCC(C)CCCC(C)CCCC(C)C)O2. The number of aromatic nitrogens is 12. The zero-order valence-corrected chi connectivity index (χ0v) is 55.3. The first kappa shape index (κ1) is 67.8. The van der Waals surface area contributed by atoms with Gasteiger partial charge in [0.15, 0.2) is 59.2 Å². The Morgan fingerprint density at radius 1 is 0.624 bits per heavy atom. The molecule has 0 bridgehead atoms. The zero-order chi connectivity index (χ0) is 66.1. The lowest BCUT2D eigenvalue weighted by atomic mass is 9.83. The van der Waals surface area contributed by atoms with Gasteiger partial charge in [-0.05, 0) is 87.8 Å². The molecule has 14 atom stereocenters. The second kappa shape index (κ2) is 28.4. The number of hydrogen-bond donors (Lipinski definition) is 6. The summed E-state index contributed by atoms with van der Waals surface area (Å²) < 4.78 is 92.8. The van der Waals surface area contributed by atoms with E-state index in [1.807, 2.05) is 20.8 Å². The molecule has 4 aliphatic heterocycles. The van der Waals surface area contributed by atoms with Crippen LogP contribution in [0.3, 0.4) is 0 Å². The summed E-state index contributed by atoms with van der Waals surface area (Å²) in [4.78, 5) is 74.7. The molecule has 0 saturated carbocycles. The molecule has 506 valence electrons. The van der Waals surface area contributed by atoms with Crippen LogP contribution in [0, 0.1) is 38.5 Å². The Morgan fingerprint density at radius 3 is 1.55 bits per heavy atom. The van der Waals surface area contributed by atoms with Crippen molar-refractivity contribution in [3.05, 3.63) is 60.2 Å². The van der Waals surface area contributed by atoms with Gasteiger partial charge in [-0.25, -0.2) is 58.8 Å². The third kappa shape index (κ3) is 15.4. The van der Waals surface area contributed by atoms with E-state index in [4.69, 9.17) is 63.7 Å². The number of carbonyl (C=O) groups excluding carboxylic acids is 1. The minimum Gasteiger partial charge on any atom is -0.487 e. The Morgan fingerprint density at radius 2 is 1.06 bits per heavy atom. The summed E-state index contributed by atoms with van der Waals surface area (Å²) >= 11 is 0. The number of phosphoric acid groups is 2. The zero-order valence-electron chi connectivity index (χ0n) is 53.6. The average molecular weight is 1330 g/mol. The fourth-order valence-corrected chi connectivity index (χ4v) is 15.0. The summed E-state index contributed by atoms with van der Waals surface area (Å²) in [5.41, 5.74) is 22.6. The first-order valence-corrected chi connectivity index (χ1v) is 34.7. The molecule has 0 amide bonds. The van der Waals surface area contributed by atoms with Gasteiger partial charge in [-0.2, -0.15) is 0 Å². The number of nitrogen functional groups attached to an aromatic ring is 3. The van der Waals surface area contributed by atoms with E-state index in [1.54, 1.807) is 0 Å². The van der Waals surface area contributed by atoms with Crippen molar-refractivity contribution in [3.63, 3.8) is 0 Å². The van der Waals surface area contributed by atoms with Gasteiger partial charge in [0, 0.05) is 24.8 Å². The monoisotopic (exact) mass is 1330 g/mol. The number of fused-ring (bicyclic) bond motifs is 4. The van der Waals surface area contributed by atoms with E-state index in [0.717, 1.165) is 71.9 Å². The van der Waals surface area contributed by atoms with Crippen LogP contribution in [0.15, 0.2) is 38.0 Å². The van der Waals surface area contributed by atoms with Crippen molar-refractivity contribution in [1.82, 2.24) is 58.6 Å². The predicted molar refractivity (Wildman–Crippen MR) is 337 cm³/mol. The Bertz CT molecular complexity index is 3890. The minimum absolute atomic E-state index is 0.0291. The van der Waals surface area contributed by atoms with Crippen LogP contribution in [0.2, 0.25) is 0 Å². The Balaban J connectivity index is 0.737. The topological polar surface area (TPSA) is 413 Å². The number of imidazole rings is 3. The predicted octanol–water partition coefficient (Wildman–Crippen LogP) is 9.14.